The lowest BCUT2D eigenvalue weighted by Crippen LogP contribution is -2.27. The molecule has 0 spiro atoms. The van der Waals surface area contributed by atoms with Crippen molar-refractivity contribution in [3.63, 3.8) is 0 Å². The smallest absolute Gasteiger partial charge is 0.346 e. The molecular weight excluding hydrogens is 338 g/mol. The van der Waals surface area contributed by atoms with Gasteiger partial charge in [-0.3, -0.25) is 4.79 Å². The van der Waals surface area contributed by atoms with Crippen LogP contribution in [0.2, 0.25) is 0 Å². The molecule has 0 bridgehead atoms. The summed E-state index contributed by atoms with van der Waals surface area (Å²) in [7, 11) is 0. The fraction of sp³-hybridized carbons (Fsp3) is 0.263. The van der Waals surface area contributed by atoms with Crippen molar-refractivity contribution in [2.45, 2.75) is 20.8 Å². The van der Waals surface area contributed by atoms with Crippen molar-refractivity contribution in [1.29, 1.82) is 0 Å². The summed E-state index contributed by atoms with van der Waals surface area (Å²) in [5.41, 5.74) is 3.75. The average Bonchev–Trinajstić information content (AvgIpc) is 3.00. The zero-order valence-electron chi connectivity index (χ0n) is 14.3. The van der Waals surface area contributed by atoms with E-state index in [9.17, 15) is 19.2 Å². The molecule has 0 saturated carbocycles. The Bertz CT molecular complexity index is 984. The zero-order valence-corrected chi connectivity index (χ0v) is 14.3. The lowest BCUT2D eigenvalue weighted by Gasteiger charge is -2.27. The first-order valence-electron chi connectivity index (χ1n) is 8.14. The number of cyclic esters (lactones) is 4. The Kier molecular flexibility index (Phi) is 3.37. The van der Waals surface area contributed by atoms with Crippen molar-refractivity contribution in [2.24, 2.45) is 11.8 Å². The van der Waals surface area contributed by atoms with Gasteiger partial charge in [0.25, 0.3) is 0 Å². The third-order valence-electron chi connectivity index (χ3n) is 5.03. The maximum Gasteiger partial charge on any atom is 0.346 e. The predicted octanol–water partition coefficient (Wildman–Crippen LogP) is 2.27. The SMILES string of the molecule is CC1=C(Nc2cc3c(cc2C)C(=O)OC3=O)C(C)C2C(=O)OC(=O)C2=C1. The number of carbonyl (C=O) groups is 4. The van der Waals surface area contributed by atoms with Crippen molar-refractivity contribution in [3.8, 4) is 0 Å². The fourth-order valence-corrected chi connectivity index (χ4v) is 3.66. The molecule has 2 atom stereocenters. The topological polar surface area (TPSA) is 98.8 Å². The van der Waals surface area contributed by atoms with E-state index in [1.807, 2.05) is 13.8 Å². The number of allylic oxidation sites excluding steroid dienone is 3. The van der Waals surface area contributed by atoms with Gasteiger partial charge in [-0.1, -0.05) is 6.92 Å². The maximum atomic E-state index is 12.0. The van der Waals surface area contributed by atoms with Crippen LogP contribution < -0.4 is 5.32 Å². The summed E-state index contributed by atoms with van der Waals surface area (Å²) in [5.74, 6) is -3.42. The molecule has 1 fully saturated rings. The van der Waals surface area contributed by atoms with E-state index >= 15 is 0 Å². The van der Waals surface area contributed by atoms with Gasteiger partial charge in [0.15, 0.2) is 0 Å². The number of carbonyl (C=O) groups excluding carboxylic acids is 4. The minimum Gasteiger partial charge on any atom is -0.389 e. The second-order valence-electron chi connectivity index (χ2n) is 6.69. The molecule has 1 aliphatic carbocycles. The number of rotatable bonds is 2. The van der Waals surface area contributed by atoms with Crippen LogP contribution in [0.4, 0.5) is 5.69 Å². The molecule has 2 heterocycles. The van der Waals surface area contributed by atoms with E-state index in [0.717, 1.165) is 16.8 Å². The van der Waals surface area contributed by atoms with E-state index in [0.29, 0.717) is 11.3 Å². The van der Waals surface area contributed by atoms with E-state index in [4.69, 9.17) is 4.74 Å². The van der Waals surface area contributed by atoms with Crippen molar-refractivity contribution in [1.82, 2.24) is 0 Å². The minimum absolute atomic E-state index is 0.205. The minimum atomic E-state index is -0.678. The number of ether oxygens (including phenoxy) is 2. The largest absolute Gasteiger partial charge is 0.389 e. The molecular formula is C19H15NO6. The third kappa shape index (κ3) is 2.20. The first-order valence-corrected chi connectivity index (χ1v) is 8.14. The second kappa shape index (κ2) is 5.39. The summed E-state index contributed by atoms with van der Waals surface area (Å²) in [5, 5.41) is 3.26. The Labute approximate surface area is 148 Å². The molecule has 7 nitrogen and oxygen atoms in total. The van der Waals surface area contributed by atoms with Crippen LogP contribution in [0, 0.1) is 18.8 Å². The number of hydrogen-bond donors (Lipinski definition) is 1. The highest BCUT2D eigenvalue weighted by molar-refractivity contribution is 6.15. The monoisotopic (exact) mass is 353 g/mol. The molecule has 26 heavy (non-hydrogen) atoms. The molecule has 3 aliphatic rings. The number of nitrogens with one attached hydrogen (secondary N) is 1. The van der Waals surface area contributed by atoms with Crippen LogP contribution in [0.1, 0.15) is 40.1 Å². The summed E-state index contributed by atoms with van der Waals surface area (Å²) in [6.45, 7) is 5.47. The Morgan fingerprint density at radius 1 is 0.923 bits per heavy atom. The van der Waals surface area contributed by atoms with Crippen LogP contribution >= 0.6 is 0 Å². The Morgan fingerprint density at radius 3 is 2.27 bits per heavy atom. The molecule has 7 heteroatoms. The summed E-state index contributed by atoms with van der Waals surface area (Å²) < 4.78 is 9.37. The molecule has 0 aromatic heterocycles. The Hall–Kier alpha value is -3.22. The average molecular weight is 353 g/mol. The molecule has 132 valence electrons. The fourth-order valence-electron chi connectivity index (χ4n) is 3.66. The summed E-state index contributed by atoms with van der Waals surface area (Å²) in [6.07, 6.45) is 1.65. The predicted molar refractivity (Wildman–Crippen MR) is 89.1 cm³/mol. The van der Waals surface area contributed by atoms with Crippen LogP contribution in [0.3, 0.4) is 0 Å². The summed E-state index contributed by atoms with van der Waals surface area (Å²) in [6, 6.07) is 3.17. The van der Waals surface area contributed by atoms with Gasteiger partial charge in [0.05, 0.1) is 22.6 Å². The van der Waals surface area contributed by atoms with E-state index in [2.05, 4.69) is 10.1 Å². The van der Waals surface area contributed by atoms with Gasteiger partial charge in [-0.25, -0.2) is 14.4 Å². The maximum absolute atomic E-state index is 12.0. The number of aryl methyl sites for hydroxylation is 1. The highest BCUT2D eigenvalue weighted by Gasteiger charge is 2.46. The van der Waals surface area contributed by atoms with Gasteiger partial charge in [-0.05, 0) is 43.2 Å². The molecule has 1 saturated heterocycles. The molecule has 1 aromatic rings. The highest BCUT2D eigenvalue weighted by Crippen LogP contribution is 2.40. The lowest BCUT2D eigenvalue weighted by atomic mass is 9.80. The number of anilines is 1. The first kappa shape index (κ1) is 16.3. The molecule has 1 N–H and O–H groups in total. The van der Waals surface area contributed by atoms with E-state index in [1.165, 1.54) is 0 Å². The van der Waals surface area contributed by atoms with Gasteiger partial charge in [-0.15, -0.1) is 0 Å². The number of benzene rings is 1. The van der Waals surface area contributed by atoms with Crippen LogP contribution in [0.25, 0.3) is 0 Å². The van der Waals surface area contributed by atoms with Gasteiger partial charge in [0, 0.05) is 17.3 Å². The molecule has 1 aromatic carbocycles. The van der Waals surface area contributed by atoms with Crippen molar-refractivity contribution < 1.29 is 28.7 Å². The molecule has 0 amide bonds. The van der Waals surface area contributed by atoms with Crippen molar-refractivity contribution in [2.75, 3.05) is 5.32 Å². The van der Waals surface area contributed by atoms with Gasteiger partial charge in [0.2, 0.25) is 0 Å². The van der Waals surface area contributed by atoms with Gasteiger partial charge in [0.1, 0.15) is 0 Å². The molecule has 2 unspecified atom stereocenters. The highest BCUT2D eigenvalue weighted by atomic mass is 16.6. The summed E-state index contributed by atoms with van der Waals surface area (Å²) in [4.78, 5) is 47.2. The van der Waals surface area contributed by atoms with Gasteiger partial charge in [-0.2, -0.15) is 0 Å². The lowest BCUT2D eigenvalue weighted by molar-refractivity contribution is -0.153. The third-order valence-corrected chi connectivity index (χ3v) is 5.03. The quantitative estimate of drug-likeness (QED) is 0.643. The summed E-state index contributed by atoms with van der Waals surface area (Å²) >= 11 is 0. The number of fused-ring (bicyclic) bond motifs is 2. The second-order valence-corrected chi connectivity index (χ2v) is 6.69. The Morgan fingerprint density at radius 2 is 1.58 bits per heavy atom. The molecule has 4 rings (SSSR count). The van der Waals surface area contributed by atoms with E-state index < -0.39 is 29.8 Å². The van der Waals surface area contributed by atoms with E-state index in [1.54, 1.807) is 25.1 Å². The van der Waals surface area contributed by atoms with Crippen LogP contribution in [0.5, 0.6) is 0 Å². The number of hydrogen-bond acceptors (Lipinski definition) is 7. The molecule has 2 aliphatic heterocycles. The Balaban J connectivity index is 1.74. The van der Waals surface area contributed by atoms with Crippen molar-refractivity contribution in [3.05, 3.63) is 51.7 Å². The standard InChI is InChI=1S/C19H15NO6/c1-7-4-10-11(17(22)25-16(10)21)6-13(7)20-15-8(2)5-12-14(9(15)3)19(24)26-18(12)23/h4-6,9,14,20H,1-3H3. The zero-order chi connectivity index (χ0) is 18.7. The first-order chi connectivity index (χ1) is 12.3. The van der Waals surface area contributed by atoms with Crippen LogP contribution in [0.15, 0.2) is 35.1 Å². The number of esters is 4. The van der Waals surface area contributed by atoms with Gasteiger partial charge < -0.3 is 14.8 Å². The van der Waals surface area contributed by atoms with Crippen LogP contribution in [-0.2, 0) is 19.1 Å². The molecule has 0 radical (unpaired) electrons. The van der Waals surface area contributed by atoms with Crippen LogP contribution in [-0.4, -0.2) is 23.9 Å². The van der Waals surface area contributed by atoms with Gasteiger partial charge >= 0.3 is 23.9 Å². The van der Waals surface area contributed by atoms with Crippen molar-refractivity contribution >= 4 is 29.6 Å². The van der Waals surface area contributed by atoms with E-state index in [-0.39, 0.29) is 17.0 Å². The normalized spacial score (nSPS) is 24.2.